The zero-order valence-electron chi connectivity index (χ0n) is 13.5. The minimum absolute atomic E-state index is 0.552. The lowest BCUT2D eigenvalue weighted by atomic mass is 9.96. The highest BCUT2D eigenvalue weighted by atomic mass is 14.9. The van der Waals surface area contributed by atoms with E-state index in [1.165, 1.54) is 28.7 Å². The number of hydrogen-bond donors (Lipinski definition) is 1. The van der Waals surface area contributed by atoms with Crippen LogP contribution in [0.3, 0.4) is 0 Å². The molecule has 0 saturated carbocycles. The van der Waals surface area contributed by atoms with Crippen LogP contribution in [0.5, 0.6) is 0 Å². The summed E-state index contributed by atoms with van der Waals surface area (Å²) in [6, 6.07) is 18.1. The Morgan fingerprint density at radius 3 is 2.52 bits per heavy atom. The predicted octanol–water partition coefficient (Wildman–Crippen LogP) is 4.46. The smallest absolute Gasteiger partial charge is 0.0111 e. The molecule has 0 fully saturated rings. The van der Waals surface area contributed by atoms with Crippen molar-refractivity contribution in [3.8, 4) is 0 Å². The van der Waals surface area contributed by atoms with Crippen LogP contribution in [0, 0.1) is 13.8 Å². The maximum absolute atomic E-state index is 3.64. The Morgan fingerprint density at radius 2 is 1.81 bits per heavy atom. The van der Waals surface area contributed by atoms with Crippen molar-refractivity contribution in [3.63, 3.8) is 0 Å². The van der Waals surface area contributed by atoms with Crippen LogP contribution < -0.4 is 5.32 Å². The molecule has 2 aromatic carbocycles. The predicted molar refractivity (Wildman–Crippen MR) is 91.8 cm³/mol. The number of hydrogen-bond acceptors (Lipinski definition) is 1. The van der Waals surface area contributed by atoms with Gasteiger partial charge in [0.05, 0.1) is 0 Å². The Morgan fingerprint density at radius 1 is 1.00 bits per heavy atom. The molecule has 1 atom stereocenters. The van der Waals surface area contributed by atoms with Crippen molar-refractivity contribution in [2.75, 3.05) is 6.54 Å². The highest BCUT2D eigenvalue weighted by Crippen LogP contribution is 2.14. The third-order valence-electron chi connectivity index (χ3n) is 4.08. The molecular formula is C20H27N. The highest BCUT2D eigenvalue weighted by molar-refractivity contribution is 5.27. The summed E-state index contributed by atoms with van der Waals surface area (Å²) in [5, 5.41) is 3.64. The van der Waals surface area contributed by atoms with Gasteiger partial charge in [0.15, 0.2) is 0 Å². The van der Waals surface area contributed by atoms with Gasteiger partial charge in [-0.2, -0.15) is 0 Å². The Kier molecular flexibility index (Phi) is 6.01. The third-order valence-corrected chi connectivity index (χ3v) is 4.08. The minimum Gasteiger partial charge on any atom is -0.314 e. The SMILES string of the molecule is CCNC(CCc1cccc(C)c1)Cc1ccccc1C. The van der Waals surface area contributed by atoms with Gasteiger partial charge >= 0.3 is 0 Å². The fourth-order valence-corrected chi connectivity index (χ4v) is 2.88. The first kappa shape index (κ1) is 15.8. The maximum Gasteiger partial charge on any atom is 0.0111 e. The Bertz CT molecular complexity index is 559. The van der Waals surface area contributed by atoms with E-state index in [2.05, 4.69) is 74.6 Å². The Balaban J connectivity index is 1.97. The lowest BCUT2D eigenvalue weighted by Gasteiger charge is -2.19. The fraction of sp³-hybridized carbons (Fsp3) is 0.400. The summed E-state index contributed by atoms with van der Waals surface area (Å²) in [7, 11) is 0. The van der Waals surface area contributed by atoms with Crippen molar-refractivity contribution in [3.05, 3.63) is 70.8 Å². The first-order valence-electron chi connectivity index (χ1n) is 8.02. The van der Waals surface area contributed by atoms with E-state index in [9.17, 15) is 0 Å². The average Bonchev–Trinajstić information content (AvgIpc) is 2.47. The molecular weight excluding hydrogens is 254 g/mol. The molecule has 1 heteroatoms. The summed E-state index contributed by atoms with van der Waals surface area (Å²) < 4.78 is 0. The van der Waals surface area contributed by atoms with Crippen LogP contribution >= 0.6 is 0 Å². The molecule has 2 rings (SSSR count). The summed E-state index contributed by atoms with van der Waals surface area (Å²) >= 11 is 0. The normalized spacial score (nSPS) is 12.3. The molecule has 0 radical (unpaired) electrons. The van der Waals surface area contributed by atoms with Crippen LogP contribution in [0.4, 0.5) is 0 Å². The maximum atomic E-state index is 3.64. The van der Waals surface area contributed by atoms with E-state index in [1.807, 2.05) is 0 Å². The number of nitrogens with one attached hydrogen (secondary N) is 1. The standard InChI is InChI=1S/C20H27N/c1-4-21-20(15-19-11-6-5-9-17(19)3)13-12-18-10-7-8-16(2)14-18/h5-11,14,20-21H,4,12-13,15H2,1-3H3. The molecule has 0 bridgehead atoms. The third kappa shape index (κ3) is 5.02. The monoisotopic (exact) mass is 281 g/mol. The quantitative estimate of drug-likeness (QED) is 0.790. The molecule has 0 aliphatic rings. The summed E-state index contributed by atoms with van der Waals surface area (Å²) in [4.78, 5) is 0. The molecule has 0 aliphatic heterocycles. The summed E-state index contributed by atoms with van der Waals surface area (Å²) in [5.74, 6) is 0. The lowest BCUT2D eigenvalue weighted by Crippen LogP contribution is -2.31. The molecule has 0 saturated heterocycles. The molecule has 21 heavy (non-hydrogen) atoms. The van der Waals surface area contributed by atoms with Crippen LogP contribution in [0.2, 0.25) is 0 Å². The van der Waals surface area contributed by atoms with Gasteiger partial charge in [0, 0.05) is 6.04 Å². The van der Waals surface area contributed by atoms with Gasteiger partial charge in [-0.3, -0.25) is 0 Å². The molecule has 1 nitrogen and oxygen atoms in total. The molecule has 1 unspecified atom stereocenters. The van der Waals surface area contributed by atoms with E-state index in [0.717, 1.165) is 19.4 Å². The molecule has 2 aromatic rings. The van der Waals surface area contributed by atoms with E-state index in [1.54, 1.807) is 0 Å². The van der Waals surface area contributed by atoms with Crippen LogP contribution in [0.15, 0.2) is 48.5 Å². The molecule has 0 aromatic heterocycles. The topological polar surface area (TPSA) is 12.0 Å². The van der Waals surface area contributed by atoms with Gasteiger partial charge in [-0.15, -0.1) is 0 Å². The zero-order chi connectivity index (χ0) is 15.1. The second-order valence-electron chi connectivity index (χ2n) is 5.91. The van der Waals surface area contributed by atoms with Crippen LogP contribution in [-0.4, -0.2) is 12.6 Å². The summed E-state index contributed by atoms with van der Waals surface area (Å²) in [6.07, 6.45) is 3.45. The molecule has 112 valence electrons. The lowest BCUT2D eigenvalue weighted by molar-refractivity contribution is 0.490. The second-order valence-corrected chi connectivity index (χ2v) is 5.91. The van der Waals surface area contributed by atoms with Gasteiger partial charge in [-0.05, 0) is 56.3 Å². The van der Waals surface area contributed by atoms with Crippen molar-refractivity contribution in [2.24, 2.45) is 0 Å². The van der Waals surface area contributed by atoms with Crippen molar-refractivity contribution in [1.29, 1.82) is 0 Å². The number of likely N-dealkylation sites (N-methyl/N-ethyl adjacent to an activating group) is 1. The van der Waals surface area contributed by atoms with Gasteiger partial charge in [0.1, 0.15) is 0 Å². The summed E-state index contributed by atoms with van der Waals surface area (Å²) in [6.45, 7) is 7.60. The van der Waals surface area contributed by atoms with Crippen molar-refractivity contribution in [2.45, 2.75) is 46.1 Å². The fourth-order valence-electron chi connectivity index (χ4n) is 2.88. The molecule has 0 spiro atoms. The van der Waals surface area contributed by atoms with E-state index in [0.29, 0.717) is 6.04 Å². The average molecular weight is 281 g/mol. The van der Waals surface area contributed by atoms with E-state index in [4.69, 9.17) is 0 Å². The Hall–Kier alpha value is -1.60. The molecule has 0 heterocycles. The molecule has 0 amide bonds. The van der Waals surface area contributed by atoms with Crippen molar-refractivity contribution >= 4 is 0 Å². The second kappa shape index (κ2) is 7.99. The van der Waals surface area contributed by atoms with Gasteiger partial charge in [-0.1, -0.05) is 61.0 Å². The Labute approximate surface area is 129 Å². The minimum atomic E-state index is 0.552. The van der Waals surface area contributed by atoms with Crippen LogP contribution in [-0.2, 0) is 12.8 Å². The number of benzene rings is 2. The van der Waals surface area contributed by atoms with Crippen molar-refractivity contribution in [1.82, 2.24) is 5.32 Å². The largest absolute Gasteiger partial charge is 0.314 e. The van der Waals surface area contributed by atoms with Gasteiger partial charge < -0.3 is 5.32 Å². The van der Waals surface area contributed by atoms with E-state index < -0.39 is 0 Å². The van der Waals surface area contributed by atoms with Gasteiger partial charge in [0.25, 0.3) is 0 Å². The molecule has 0 aliphatic carbocycles. The first-order chi connectivity index (χ1) is 10.2. The van der Waals surface area contributed by atoms with Crippen LogP contribution in [0.25, 0.3) is 0 Å². The summed E-state index contributed by atoms with van der Waals surface area (Å²) in [5.41, 5.74) is 5.66. The van der Waals surface area contributed by atoms with Crippen LogP contribution in [0.1, 0.15) is 35.6 Å². The van der Waals surface area contributed by atoms with E-state index in [-0.39, 0.29) is 0 Å². The number of aryl methyl sites for hydroxylation is 3. The van der Waals surface area contributed by atoms with Gasteiger partial charge in [-0.25, -0.2) is 0 Å². The van der Waals surface area contributed by atoms with E-state index >= 15 is 0 Å². The first-order valence-corrected chi connectivity index (χ1v) is 8.02. The van der Waals surface area contributed by atoms with Gasteiger partial charge in [0.2, 0.25) is 0 Å². The highest BCUT2D eigenvalue weighted by Gasteiger charge is 2.10. The zero-order valence-corrected chi connectivity index (χ0v) is 13.5. The number of rotatable bonds is 7. The van der Waals surface area contributed by atoms with Crippen molar-refractivity contribution < 1.29 is 0 Å². The molecule has 1 N–H and O–H groups in total.